The van der Waals surface area contributed by atoms with Crippen LogP contribution in [0.4, 0.5) is 0 Å². The van der Waals surface area contributed by atoms with Gasteiger partial charge in [0.2, 0.25) is 5.88 Å². The normalized spacial score (nSPS) is 14.5. The number of carbonyl (C=O) groups is 1. The number of aromatic nitrogens is 3. The number of amides is 1. The summed E-state index contributed by atoms with van der Waals surface area (Å²) in [4.78, 5) is 19.6. The van der Waals surface area contributed by atoms with Crippen molar-refractivity contribution in [2.45, 2.75) is 32.6 Å². The van der Waals surface area contributed by atoms with Gasteiger partial charge in [-0.2, -0.15) is 9.61 Å². The molecule has 0 aliphatic carbocycles. The molecule has 28 heavy (non-hydrogen) atoms. The van der Waals surface area contributed by atoms with Crippen molar-refractivity contribution in [1.29, 1.82) is 0 Å². The van der Waals surface area contributed by atoms with Crippen LogP contribution in [0.5, 0.6) is 5.88 Å². The van der Waals surface area contributed by atoms with Gasteiger partial charge in [-0.25, -0.2) is 4.98 Å². The summed E-state index contributed by atoms with van der Waals surface area (Å²) < 4.78 is 7.32. The zero-order valence-corrected chi connectivity index (χ0v) is 16.9. The number of ether oxygens (including phenoxy) is 1. The zero-order chi connectivity index (χ0) is 19.7. The molecule has 0 atom stereocenters. The molecule has 0 N–H and O–H groups in total. The molecule has 3 heterocycles. The molecule has 0 saturated carbocycles. The van der Waals surface area contributed by atoms with E-state index in [9.17, 15) is 4.79 Å². The van der Waals surface area contributed by atoms with Crippen LogP contribution >= 0.6 is 11.6 Å². The number of methoxy groups -OCH3 is 1. The molecule has 4 rings (SSSR count). The number of aryl methyl sites for hydroxylation is 1. The minimum Gasteiger partial charge on any atom is -0.481 e. The molecule has 0 bridgehead atoms. The van der Waals surface area contributed by atoms with Gasteiger partial charge in [-0.05, 0) is 43.9 Å². The number of carbonyl (C=O) groups excluding carboxylic acids is 1. The van der Waals surface area contributed by atoms with E-state index in [1.165, 1.54) is 6.42 Å². The Hall–Kier alpha value is -2.60. The van der Waals surface area contributed by atoms with E-state index < -0.39 is 0 Å². The van der Waals surface area contributed by atoms with Gasteiger partial charge in [-0.15, -0.1) is 0 Å². The summed E-state index contributed by atoms with van der Waals surface area (Å²) in [6.07, 6.45) is 5.52. The van der Waals surface area contributed by atoms with Crippen molar-refractivity contribution in [3.05, 3.63) is 57.9 Å². The molecule has 7 heteroatoms. The Morgan fingerprint density at radius 2 is 1.89 bits per heavy atom. The second-order valence-electron chi connectivity index (χ2n) is 7.13. The number of hydrogen-bond acceptors (Lipinski definition) is 4. The van der Waals surface area contributed by atoms with Crippen LogP contribution in [0.15, 0.2) is 30.5 Å². The first-order valence-electron chi connectivity index (χ1n) is 9.53. The van der Waals surface area contributed by atoms with Gasteiger partial charge in [-0.1, -0.05) is 23.7 Å². The van der Waals surface area contributed by atoms with Crippen molar-refractivity contribution in [2.75, 3.05) is 20.2 Å². The second kappa shape index (κ2) is 7.80. The van der Waals surface area contributed by atoms with Gasteiger partial charge in [0.05, 0.1) is 13.3 Å². The highest BCUT2D eigenvalue weighted by molar-refractivity contribution is 6.30. The average Bonchev–Trinajstić information content (AvgIpc) is 3.13. The van der Waals surface area contributed by atoms with Gasteiger partial charge in [0.25, 0.3) is 5.91 Å². The molecule has 2 aromatic heterocycles. The Morgan fingerprint density at radius 1 is 1.18 bits per heavy atom. The SMILES string of the molecule is COc1c(Cc2ccc(Cl)cc2)c(C)nc2c(C(=O)N3CCCCC3)cnn12. The number of nitrogens with zero attached hydrogens (tertiary/aromatic N) is 4. The van der Waals surface area contributed by atoms with Gasteiger partial charge in [0.1, 0.15) is 5.56 Å². The highest BCUT2D eigenvalue weighted by Crippen LogP contribution is 2.27. The molecule has 1 amide bonds. The van der Waals surface area contributed by atoms with Gasteiger partial charge < -0.3 is 9.64 Å². The summed E-state index contributed by atoms with van der Waals surface area (Å²) in [6, 6.07) is 7.71. The molecule has 0 radical (unpaired) electrons. The van der Waals surface area contributed by atoms with E-state index >= 15 is 0 Å². The smallest absolute Gasteiger partial charge is 0.259 e. The minimum absolute atomic E-state index is 0.00546. The van der Waals surface area contributed by atoms with Crippen LogP contribution < -0.4 is 4.74 Å². The number of fused-ring (bicyclic) bond motifs is 1. The lowest BCUT2D eigenvalue weighted by molar-refractivity contribution is 0.0726. The maximum Gasteiger partial charge on any atom is 0.259 e. The van der Waals surface area contributed by atoms with E-state index in [1.807, 2.05) is 36.1 Å². The maximum absolute atomic E-state index is 13.0. The third-order valence-corrected chi connectivity index (χ3v) is 5.52. The van der Waals surface area contributed by atoms with Crippen LogP contribution in [0, 0.1) is 6.92 Å². The van der Waals surface area contributed by atoms with E-state index in [1.54, 1.807) is 17.8 Å². The standard InChI is InChI=1S/C21H23ClN4O2/c1-14-17(12-15-6-8-16(22)9-7-15)21(28-2)26-19(24-14)18(13-23-26)20(27)25-10-4-3-5-11-25/h6-9,13H,3-5,10-12H2,1-2H3. The van der Waals surface area contributed by atoms with Gasteiger partial charge >= 0.3 is 0 Å². The third-order valence-electron chi connectivity index (χ3n) is 5.27. The van der Waals surface area contributed by atoms with Gasteiger partial charge in [-0.3, -0.25) is 4.79 Å². The molecule has 0 spiro atoms. The van der Waals surface area contributed by atoms with Crippen LogP contribution in [-0.4, -0.2) is 45.6 Å². The maximum atomic E-state index is 13.0. The minimum atomic E-state index is -0.00546. The lowest BCUT2D eigenvalue weighted by atomic mass is 10.0. The van der Waals surface area contributed by atoms with Crippen molar-refractivity contribution in [3.63, 3.8) is 0 Å². The van der Waals surface area contributed by atoms with Crippen molar-refractivity contribution < 1.29 is 9.53 Å². The molecule has 0 unspecified atom stereocenters. The fraction of sp³-hybridized carbons (Fsp3) is 0.381. The van der Waals surface area contributed by atoms with Crippen molar-refractivity contribution in [1.82, 2.24) is 19.5 Å². The van der Waals surface area contributed by atoms with E-state index in [0.717, 1.165) is 42.8 Å². The molecule has 1 aromatic carbocycles. The summed E-state index contributed by atoms with van der Waals surface area (Å²) in [7, 11) is 1.62. The quantitative estimate of drug-likeness (QED) is 0.668. The van der Waals surface area contributed by atoms with E-state index in [0.29, 0.717) is 28.5 Å². The summed E-state index contributed by atoms with van der Waals surface area (Å²) in [5.41, 5.74) is 3.94. The first-order chi connectivity index (χ1) is 13.6. The number of benzene rings is 1. The average molecular weight is 399 g/mol. The van der Waals surface area contributed by atoms with Crippen molar-refractivity contribution in [2.24, 2.45) is 0 Å². The molecule has 146 valence electrons. The summed E-state index contributed by atoms with van der Waals surface area (Å²) >= 11 is 5.99. The predicted molar refractivity (Wildman–Crippen MR) is 108 cm³/mol. The highest BCUT2D eigenvalue weighted by Gasteiger charge is 2.25. The zero-order valence-electron chi connectivity index (χ0n) is 16.1. The summed E-state index contributed by atoms with van der Waals surface area (Å²) in [6.45, 7) is 3.53. The van der Waals surface area contributed by atoms with Crippen molar-refractivity contribution >= 4 is 23.2 Å². The van der Waals surface area contributed by atoms with Crippen LogP contribution in [0.25, 0.3) is 5.65 Å². The molecular formula is C21H23ClN4O2. The number of hydrogen-bond donors (Lipinski definition) is 0. The summed E-state index contributed by atoms with van der Waals surface area (Å²) in [5, 5.41) is 5.13. The topological polar surface area (TPSA) is 59.7 Å². The molecule has 1 fully saturated rings. The third kappa shape index (κ3) is 3.44. The molecule has 1 aliphatic heterocycles. The Balaban J connectivity index is 1.74. The molecule has 1 saturated heterocycles. The predicted octanol–water partition coefficient (Wildman–Crippen LogP) is 3.92. The summed E-state index contributed by atoms with van der Waals surface area (Å²) in [5.74, 6) is 0.601. The fourth-order valence-electron chi connectivity index (χ4n) is 3.74. The molecule has 6 nitrogen and oxygen atoms in total. The Morgan fingerprint density at radius 3 is 2.57 bits per heavy atom. The first-order valence-corrected chi connectivity index (χ1v) is 9.91. The fourth-order valence-corrected chi connectivity index (χ4v) is 3.87. The molecule has 1 aliphatic rings. The largest absolute Gasteiger partial charge is 0.481 e. The molecule has 3 aromatic rings. The lowest BCUT2D eigenvalue weighted by Gasteiger charge is -2.26. The van der Waals surface area contributed by atoms with Crippen LogP contribution in [0.3, 0.4) is 0 Å². The molecular weight excluding hydrogens is 376 g/mol. The van der Waals surface area contributed by atoms with Crippen molar-refractivity contribution in [3.8, 4) is 5.88 Å². The Kier molecular flexibility index (Phi) is 5.22. The second-order valence-corrected chi connectivity index (χ2v) is 7.57. The van der Waals surface area contributed by atoms with Crippen LogP contribution in [0.1, 0.15) is 46.4 Å². The first kappa shape index (κ1) is 18.7. The van der Waals surface area contributed by atoms with Gasteiger partial charge in [0.15, 0.2) is 5.65 Å². The van der Waals surface area contributed by atoms with E-state index in [2.05, 4.69) is 5.10 Å². The van der Waals surface area contributed by atoms with E-state index in [4.69, 9.17) is 21.3 Å². The number of halogens is 1. The lowest BCUT2D eigenvalue weighted by Crippen LogP contribution is -2.35. The van der Waals surface area contributed by atoms with Crippen LogP contribution in [-0.2, 0) is 6.42 Å². The Labute approximate surface area is 169 Å². The number of rotatable bonds is 4. The Bertz CT molecular complexity index is 1010. The highest BCUT2D eigenvalue weighted by atomic mass is 35.5. The van der Waals surface area contributed by atoms with E-state index in [-0.39, 0.29) is 5.91 Å². The van der Waals surface area contributed by atoms with Crippen LogP contribution in [0.2, 0.25) is 5.02 Å². The number of likely N-dealkylation sites (tertiary alicyclic amines) is 1. The number of piperidine rings is 1. The monoisotopic (exact) mass is 398 g/mol. The van der Waals surface area contributed by atoms with Gasteiger partial charge in [0, 0.05) is 35.8 Å².